The van der Waals surface area contributed by atoms with E-state index in [9.17, 15) is 0 Å². The Kier molecular flexibility index (Phi) is 4.70. The Bertz CT molecular complexity index is 231. The zero-order chi connectivity index (χ0) is 10.4. The summed E-state index contributed by atoms with van der Waals surface area (Å²) in [5.74, 6) is 1.76. The van der Waals surface area contributed by atoms with Crippen LogP contribution >= 0.6 is 0 Å². The number of nitrogens with one attached hydrogen (secondary N) is 1. The molecule has 1 rings (SSSR count). The Morgan fingerprint density at radius 2 is 2.29 bits per heavy atom. The van der Waals surface area contributed by atoms with Crippen molar-refractivity contribution in [2.24, 2.45) is 11.8 Å². The van der Waals surface area contributed by atoms with Gasteiger partial charge in [0, 0.05) is 13.2 Å². The van der Waals surface area contributed by atoms with Crippen LogP contribution in [0.5, 0.6) is 0 Å². The van der Waals surface area contributed by atoms with E-state index in [1.54, 1.807) is 6.26 Å². The first-order valence-electron chi connectivity index (χ1n) is 5.08. The van der Waals surface area contributed by atoms with Crippen LogP contribution in [0.2, 0.25) is 0 Å². The van der Waals surface area contributed by atoms with Gasteiger partial charge in [0.2, 0.25) is 0 Å². The predicted molar refractivity (Wildman–Crippen MR) is 55.8 cm³/mol. The second kappa shape index (κ2) is 5.83. The molecule has 0 aliphatic rings. The highest BCUT2D eigenvalue weighted by molar-refractivity contribution is 4.97. The maximum absolute atomic E-state index is 9.09. The summed E-state index contributed by atoms with van der Waals surface area (Å²) in [6, 6.07) is 3.82. The van der Waals surface area contributed by atoms with Crippen LogP contribution in [-0.4, -0.2) is 18.3 Å². The van der Waals surface area contributed by atoms with Crippen molar-refractivity contribution in [3.05, 3.63) is 24.2 Å². The predicted octanol–water partition coefficient (Wildman–Crippen LogP) is 1.63. The molecule has 0 bridgehead atoms. The summed E-state index contributed by atoms with van der Waals surface area (Å²) in [7, 11) is 0. The van der Waals surface area contributed by atoms with Crippen molar-refractivity contribution in [2.45, 2.75) is 20.4 Å². The average Bonchev–Trinajstić information content (AvgIpc) is 2.64. The molecule has 1 aromatic heterocycles. The molecule has 0 aliphatic carbocycles. The standard InChI is InChI=1S/C11H19NO2/c1-9(2)10(8-13)6-12-7-11-4-3-5-14-11/h3-5,9-10,12-13H,6-8H2,1-2H3. The van der Waals surface area contributed by atoms with E-state index in [-0.39, 0.29) is 6.61 Å². The van der Waals surface area contributed by atoms with Crippen LogP contribution < -0.4 is 5.32 Å². The van der Waals surface area contributed by atoms with E-state index in [1.165, 1.54) is 0 Å². The highest BCUT2D eigenvalue weighted by Crippen LogP contribution is 2.08. The van der Waals surface area contributed by atoms with Crippen molar-refractivity contribution < 1.29 is 9.52 Å². The van der Waals surface area contributed by atoms with Crippen molar-refractivity contribution in [2.75, 3.05) is 13.2 Å². The number of aliphatic hydroxyl groups is 1. The van der Waals surface area contributed by atoms with Gasteiger partial charge in [0.1, 0.15) is 5.76 Å². The van der Waals surface area contributed by atoms with E-state index in [4.69, 9.17) is 9.52 Å². The quantitative estimate of drug-likeness (QED) is 0.728. The minimum atomic E-state index is 0.239. The third-order valence-corrected chi connectivity index (χ3v) is 2.46. The van der Waals surface area contributed by atoms with Crippen LogP contribution in [0.3, 0.4) is 0 Å². The lowest BCUT2D eigenvalue weighted by Crippen LogP contribution is -2.28. The molecule has 3 nitrogen and oxygen atoms in total. The van der Waals surface area contributed by atoms with Crippen LogP contribution in [0, 0.1) is 11.8 Å². The fourth-order valence-corrected chi connectivity index (χ4v) is 1.30. The van der Waals surface area contributed by atoms with Crippen molar-refractivity contribution in [1.29, 1.82) is 0 Å². The molecular formula is C11H19NO2. The van der Waals surface area contributed by atoms with E-state index < -0.39 is 0 Å². The molecular weight excluding hydrogens is 178 g/mol. The molecule has 0 spiro atoms. The number of furan rings is 1. The molecule has 0 aromatic carbocycles. The summed E-state index contributed by atoms with van der Waals surface area (Å²) < 4.78 is 5.18. The van der Waals surface area contributed by atoms with Crippen LogP contribution in [-0.2, 0) is 6.54 Å². The van der Waals surface area contributed by atoms with E-state index in [0.717, 1.165) is 18.8 Å². The Morgan fingerprint density at radius 1 is 1.50 bits per heavy atom. The average molecular weight is 197 g/mol. The molecule has 1 aromatic rings. The van der Waals surface area contributed by atoms with Crippen molar-refractivity contribution in [1.82, 2.24) is 5.32 Å². The molecule has 80 valence electrons. The summed E-state index contributed by atoms with van der Waals surface area (Å²) in [4.78, 5) is 0. The van der Waals surface area contributed by atoms with Gasteiger partial charge in [0.05, 0.1) is 12.8 Å². The van der Waals surface area contributed by atoms with Gasteiger partial charge < -0.3 is 14.8 Å². The van der Waals surface area contributed by atoms with E-state index in [2.05, 4.69) is 19.2 Å². The maximum atomic E-state index is 9.09. The van der Waals surface area contributed by atoms with Gasteiger partial charge in [0.15, 0.2) is 0 Å². The van der Waals surface area contributed by atoms with Gasteiger partial charge in [-0.3, -0.25) is 0 Å². The molecule has 0 amide bonds. The largest absolute Gasteiger partial charge is 0.468 e. The molecule has 0 radical (unpaired) electrons. The smallest absolute Gasteiger partial charge is 0.117 e. The second-order valence-corrected chi connectivity index (χ2v) is 3.90. The minimum absolute atomic E-state index is 0.239. The Morgan fingerprint density at radius 3 is 2.79 bits per heavy atom. The lowest BCUT2D eigenvalue weighted by molar-refractivity contribution is 0.185. The van der Waals surface area contributed by atoms with Crippen LogP contribution in [0.4, 0.5) is 0 Å². The molecule has 14 heavy (non-hydrogen) atoms. The normalized spacial score (nSPS) is 13.4. The Hall–Kier alpha value is -0.800. The molecule has 1 atom stereocenters. The van der Waals surface area contributed by atoms with Crippen LogP contribution in [0.25, 0.3) is 0 Å². The third kappa shape index (κ3) is 3.52. The lowest BCUT2D eigenvalue weighted by atomic mass is 9.97. The van der Waals surface area contributed by atoms with Gasteiger partial charge in [-0.1, -0.05) is 13.8 Å². The van der Waals surface area contributed by atoms with Gasteiger partial charge in [-0.25, -0.2) is 0 Å². The zero-order valence-electron chi connectivity index (χ0n) is 8.86. The molecule has 0 aliphatic heterocycles. The van der Waals surface area contributed by atoms with Gasteiger partial charge in [-0.05, 0) is 24.0 Å². The topological polar surface area (TPSA) is 45.4 Å². The van der Waals surface area contributed by atoms with Crippen molar-refractivity contribution in [3.63, 3.8) is 0 Å². The van der Waals surface area contributed by atoms with E-state index in [1.807, 2.05) is 12.1 Å². The monoisotopic (exact) mass is 197 g/mol. The van der Waals surface area contributed by atoms with Gasteiger partial charge >= 0.3 is 0 Å². The van der Waals surface area contributed by atoms with E-state index in [0.29, 0.717) is 11.8 Å². The first kappa shape index (κ1) is 11.3. The maximum Gasteiger partial charge on any atom is 0.117 e. The molecule has 0 fully saturated rings. The summed E-state index contributed by atoms with van der Waals surface area (Å²) >= 11 is 0. The summed E-state index contributed by atoms with van der Waals surface area (Å²) in [6.45, 7) is 6.04. The van der Waals surface area contributed by atoms with Gasteiger partial charge in [0.25, 0.3) is 0 Å². The highest BCUT2D eigenvalue weighted by Gasteiger charge is 2.11. The number of hydrogen-bond donors (Lipinski definition) is 2. The van der Waals surface area contributed by atoms with Crippen molar-refractivity contribution >= 4 is 0 Å². The number of rotatable bonds is 6. The molecule has 1 unspecified atom stereocenters. The van der Waals surface area contributed by atoms with Gasteiger partial charge in [-0.15, -0.1) is 0 Å². The van der Waals surface area contributed by atoms with Crippen LogP contribution in [0.1, 0.15) is 19.6 Å². The zero-order valence-corrected chi connectivity index (χ0v) is 8.86. The third-order valence-electron chi connectivity index (χ3n) is 2.46. The first-order valence-corrected chi connectivity index (χ1v) is 5.08. The van der Waals surface area contributed by atoms with Gasteiger partial charge in [-0.2, -0.15) is 0 Å². The molecule has 3 heteroatoms. The second-order valence-electron chi connectivity index (χ2n) is 3.90. The molecule has 0 saturated heterocycles. The number of hydrogen-bond acceptors (Lipinski definition) is 3. The van der Waals surface area contributed by atoms with Crippen molar-refractivity contribution in [3.8, 4) is 0 Å². The number of aliphatic hydroxyl groups excluding tert-OH is 1. The van der Waals surface area contributed by atoms with Crippen LogP contribution in [0.15, 0.2) is 22.8 Å². The SMILES string of the molecule is CC(C)C(CO)CNCc1ccco1. The summed E-state index contributed by atoms with van der Waals surface area (Å²) in [5.41, 5.74) is 0. The van der Waals surface area contributed by atoms with E-state index >= 15 is 0 Å². The first-order chi connectivity index (χ1) is 6.74. The Labute approximate surface area is 85.1 Å². The highest BCUT2D eigenvalue weighted by atomic mass is 16.3. The lowest BCUT2D eigenvalue weighted by Gasteiger charge is -2.18. The summed E-state index contributed by atoms with van der Waals surface area (Å²) in [6.07, 6.45) is 1.67. The molecule has 1 heterocycles. The molecule has 0 saturated carbocycles. The Balaban J connectivity index is 2.20. The molecule has 2 N–H and O–H groups in total. The fraction of sp³-hybridized carbons (Fsp3) is 0.636. The summed E-state index contributed by atoms with van der Waals surface area (Å²) in [5, 5.41) is 12.4. The fourth-order valence-electron chi connectivity index (χ4n) is 1.30. The minimum Gasteiger partial charge on any atom is -0.468 e.